The van der Waals surface area contributed by atoms with Crippen molar-refractivity contribution in [3.05, 3.63) is 57.8 Å². The minimum atomic E-state index is -1.00. The maximum absolute atomic E-state index is 12.9. The molecule has 156 valence electrons. The van der Waals surface area contributed by atoms with Crippen LogP contribution in [0.3, 0.4) is 0 Å². The highest BCUT2D eigenvalue weighted by Gasteiger charge is 2.24. The Morgan fingerprint density at radius 2 is 2.10 bits per heavy atom. The molecule has 0 aliphatic rings. The number of fused-ring (bicyclic) bond motifs is 1. The van der Waals surface area contributed by atoms with Gasteiger partial charge in [0.25, 0.3) is 5.56 Å². The van der Waals surface area contributed by atoms with Gasteiger partial charge < -0.3 is 19.0 Å². The molecule has 1 atom stereocenters. The Bertz CT molecular complexity index is 1140. The number of furan rings is 1. The molecule has 0 amide bonds. The minimum absolute atomic E-state index is 0.0228. The van der Waals surface area contributed by atoms with E-state index < -0.39 is 17.6 Å². The van der Waals surface area contributed by atoms with Gasteiger partial charge in [-0.15, -0.1) is 0 Å². The molecule has 2 heterocycles. The third-order valence-electron chi connectivity index (χ3n) is 4.39. The molecule has 3 aromatic rings. The van der Waals surface area contributed by atoms with Gasteiger partial charge in [0, 0.05) is 0 Å². The molecule has 0 fully saturated rings. The predicted molar refractivity (Wildman–Crippen MR) is 106 cm³/mol. The molecule has 0 spiro atoms. The lowest BCUT2D eigenvalue weighted by Crippen LogP contribution is -2.30. The molecule has 0 aliphatic carbocycles. The molecule has 0 saturated carbocycles. The Kier molecular flexibility index (Phi) is 6.49. The number of aryl methyl sites for hydroxylation is 1. The van der Waals surface area contributed by atoms with Crippen LogP contribution in [0.4, 0.5) is 0 Å². The number of nitrogens with zero attached hydrogens (tertiary/aromatic N) is 3. The fraction of sp³-hybridized carbons (Fsp3) is 0.333. The highest BCUT2D eigenvalue weighted by Crippen LogP contribution is 2.21. The van der Waals surface area contributed by atoms with Crippen molar-refractivity contribution < 1.29 is 23.8 Å². The van der Waals surface area contributed by atoms with Crippen molar-refractivity contribution in [3.8, 4) is 11.8 Å². The molecule has 0 unspecified atom stereocenters. The quantitative estimate of drug-likeness (QED) is 0.557. The van der Waals surface area contributed by atoms with E-state index in [1.807, 2.05) is 0 Å². The maximum Gasteiger partial charge on any atom is 0.342 e. The molecule has 9 heteroatoms. The van der Waals surface area contributed by atoms with Gasteiger partial charge in [0.05, 0.1) is 25.6 Å². The number of aliphatic hydroxyl groups excluding tert-OH is 1. The van der Waals surface area contributed by atoms with Gasteiger partial charge >= 0.3 is 5.97 Å². The second-order valence-corrected chi connectivity index (χ2v) is 6.58. The second kappa shape index (κ2) is 9.24. The number of rotatable bonds is 8. The third kappa shape index (κ3) is 4.50. The average Bonchev–Trinajstić information content (AvgIpc) is 3.07. The Hall–Kier alpha value is -3.64. The number of aromatic nitrogens is 2. The molecule has 0 aliphatic heterocycles. The number of hydrogen-bond acceptors (Lipinski definition) is 8. The van der Waals surface area contributed by atoms with Crippen molar-refractivity contribution in [2.24, 2.45) is 0 Å². The second-order valence-electron chi connectivity index (χ2n) is 6.58. The van der Waals surface area contributed by atoms with Gasteiger partial charge in [0.15, 0.2) is 0 Å². The van der Waals surface area contributed by atoms with Gasteiger partial charge in [-0.05, 0) is 31.5 Å². The molecule has 9 nitrogen and oxygen atoms in total. The zero-order valence-electron chi connectivity index (χ0n) is 16.6. The van der Waals surface area contributed by atoms with E-state index in [9.17, 15) is 14.7 Å². The summed E-state index contributed by atoms with van der Waals surface area (Å²) >= 11 is 0. The van der Waals surface area contributed by atoms with Crippen LogP contribution in [0.15, 0.2) is 39.8 Å². The molecule has 1 aromatic carbocycles. The van der Waals surface area contributed by atoms with Gasteiger partial charge in [-0.1, -0.05) is 12.1 Å². The first-order valence-electron chi connectivity index (χ1n) is 9.37. The predicted octanol–water partition coefficient (Wildman–Crippen LogP) is 1.98. The van der Waals surface area contributed by atoms with E-state index in [0.717, 1.165) is 5.56 Å². The number of carbonyl (C=O) groups excluding carboxylic acids is 1. The first kappa shape index (κ1) is 21.1. The highest BCUT2D eigenvalue weighted by molar-refractivity contribution is 6.03. The van der Waals surface area contributed by atoms with E-state index >= 15 is 0 Å². The lowest BCUT2D eigenvalue weighted by Gasteiger charge is -2.14. The summed E-state index contributed by atoms with van der Waals surface area (Å²) in [5, 5.41) is 19.0. The molecule has 0 radical (unpaired) electrons. The highest BCUT2D eigenvalue weighted by atomic mass is 16.5. The molecule has 0 saturated heterocycles. The molecule has 2 aromatic heterocycles. The Balaban J connectivity index is 1.74. The Labute approximate surface area is 172 Å². The zero-order valence-corrected chi connectivity index (χ0v) is 16.6. The van der Waals surface area contributed by atoms with Crippen molar-refractivity contribution in [3.63, 3.8) is 0 Å². The van der Waals surface area contributed by atoms with Gasteiger partial charge in [-0.3, -0.25) is 9.36 Å². The molecule has 1 N–H and O–H groups in total. The van der Waals surface area contributed by atoms with E-state index in [2.05, 4.69) is 11.1 Å². The van der Waals surface area contributed by atoms with Gasteiger partial charge in [0.2, 0.25) is 5.71 Å². The van der Waals surface area contributed by atoms with Crippen LogP contribution in [0.25, 0.3) is 11.1 Å². The molecule has 0 bridgehead atoms. The summed E-state index contributed by atoms with van der Waals surface area (Å²) in [6.07, 6.45) is 0.560. The number of esters is 1. The van der Waals surface area contributed by atoms with Crippen LogP contribution in [-0.4, -0.2) is 39.9 Å². The topological polar surface area (TPSA) is 128 Å². The molecular formula is C21H21N3O6. The van der Waals surface area contributed by atoms with Crippen LogP contribution in [0.5, 0.6) is 5.75 Å². The summed E-state index contributed by atoms with van der Waals surface area (Å²) in [7, 11) is 0. The summed E-state index contributed by atoms with van der Waals surface area (Å²) < 4.78 is 17.1. The first-order valence-corrected chi connectivity index (χ1v) is 9.37. The van der Waals surface area contributed by atoms with Gasteiger partial charge in [-0.25, -0.2) is 9.78 Å². The van der Waals surface area contributed by atoms with Gasteiger partial charge in [-0.2, -0.15) is 5.26 Å². The summed E-state index contributed by atoms with van der Waals surface area (Å²) in [5.74, 6) is 0.121. The van der Waals surface area contributed by atoms with E-state index in [4.69, 9.17) is 19.2 Å². The van der Waals surface area contributed by atoms with Crippen LogP contribution >= 0.6 is 0 Å². The summed E-state index contributed by atoms with van der Waals surface area (Å²) in [6.45, 7) is 3.24. The molecular weight excluding hydrogens is 390 g/mol. The number of hydrogen-bond donors (Lipinski definition) is 1. The van der Waals surface area contributed by atoms with Gasteiger partial charge in [0.1, 0.15) is 41.5 Å². The number of carbonyl (C=O) groups is 1. The molecule has 3 rings (SSSR count). The lowest BCUT2D eigenvalue weighted by molar-refractivity contribution is 0.0526. The minimum Gasteiger partial charge on any atom is -0.491 e. The normalized spacial score (nSPS) is 11.8. The Morgan fingerprint density at radius 1 is 1.37 bits per heavy atom. The smallest absolute Gasteiger partial charge is 0.342 e. The largest absolute Gasteiger partial charge is 0.491 e. The SMILES string of the molecule is CCOC(=O)c1c(C)oc2ncn(C[C@@H](O)COc3ccc(CC#N)cc3)c(=O)c12. The van der Waals surface area contributed by atoms with E-state index in [1.54, 1.807) is 38.1 Å². The Morgan fingerprint density at radius 3 is 2.77 bits per heavy atom. The average molecular weight is 411 g/mol. The van der Waals surface area contributed by atoms with Crippen LogP contribution in [0, 0.1) is 18.3 Å². The van der Waals surface area contributed by atoms with Crippen molar-refractivity contribution in [1.82, 2.24) is 9.55 Å². The summed E-state index contributed by atoms with van der Waals surface area (Å²) in [5.41, 5.74) is 0.436. The number of ether oxygens (including phenoxy) is 2. The van der Waals surface area contributed by atoms with Crippen LogP contribution in [0.1, 0.15) is 28.6 Å². The fourth-order valence-corrected chi connectivity index (χ4v) is 2.98. The van der Waals surface area contributed by atoms with E-state index in [1.165, 1.54) is 10.9 Å². The van der Waals surface area contributed by atoms with Crippen LogP contribution < -0.4 is 10.3 Å². The van der Waals surface area contributed by atoms with Crippen molar-refractivity contribution >= 4 is 17.1 Å². The monoisotopic (exact) mass is 411 g/mol. The summed E-state index contributed by atoms with van der Waals surface area (Å²) in [6, 6.07) is 9.02. The van der Waals surface area contributed by atoms with Crippen LogP contribution in [0.2, 0.25) is 0 Å². The van der Waals surface area contributed by atoms with Crippen molar-refractivity contribution in [2.75, 3.05) is 13.2 Å². The number of benzene rings is 1. The van der Waals surface area contributed by atoms with Crippen molar-refractivity contribution in [1.29, 1.82) is 5.26 Å². The third-order valence-corrected chi connectivity index (χ3v) is 4.39. The van der Waals surface area contributed by atoms with E-state index in [0.29, 0.717) is 12.2 Å². The molecule has 30 heavy (non-hydrogen) atoms. The first-order chi connectivity index (χ1) is 14.4. The number of aliphatic hydroxyl groups is 1. The fourth-order valence-electron chi connectivity index (χ4n) is 2.98. The van der Waals surface area contributed by atoms with Crippen molar-refractivity contribution in [2.45, 2.75) is 32.9 Å². The van der Waals surface area contributed by atoms with Crippen LogP contribution in [-0.2, 0) is 17.7 Å². The number of nitriles is 1. The van der Waals surface area contributed by atoms with E-state index in [-0.39, 0.29) is 42.2 Å². The lowest BCUT2D eigenvalue weighted by atomic mass is 10.2. The standard InChI is InChI=1S/C21H21N3O6/c1-3-28-21(27)17-13(2)30-19-18(17)20(26)24(12-23-19)10-15(25)11-29-16-6-4-14(5-7-16)8-9-22/h4-7,12,15,25H,3,8,10-11H2,1-2H3/t15-/m1/s1. The zero-order chi connectivity index (χ0) is 21.7. The maximum atomic E-state index is 12.9. The summed E-state index contributed by atoms with van der Waals surface area (Å²) in [4.78, 5) is 29.1.